The molecule has 0 aromatic heterocycles. The van der Waals surface area contributed by atoms with Crippen molar-refractivity contribution in [3.05, 3.63) is 0 Å². The highest BCUT2D eigenvalue weighted by Crippen LogP contribution is 2.74. The molecule has 0 saturated heterocycles. The highest BCUT2D eigenvalue weighted by atomic mass is 14.7. The van der Waals surface area contributed by atoms with E-state index in [1.807, 2.05) is 0 Å². The van der Waals surface area contributed by atoms with E-state index in [0.717, 1.165) is 0 Å². The van der Waals surface area contributed by atoms with Gasteiger partial charge < -0.3 is 0 Å². The molecule has 0 aromatic rings. The molecule has 5 atom stereocenters. The smallest absolute Gasteiger partial charge is 0.0323 e. The maximum Gasteiger partial charge on any atom is -0.0323 e. The Morgan fingerprint density at radius 1 is 1.10 bits per heavy atom. The van der Waals surface area contributed by atoms with Gasteiger partial charge in [-0.2, -0.15) is 0 Å². The first kappa shape index (κ1) is 5.62. The zero-order valence-corrected chi connectivity index (χ0v) is 6.72. The SMILES string of the molecule is CCCC1CC2C3CC3C12. The van der Waals surface area contributed by atoms with Crippen molar-refractivity contribution < 1.29 is 0 Å². The van der Waals surface area contributed by atoms with Gasteiger partial charge in [0.25, 0.3) is 0 Å². The quantitative estimate of drug-likeness (QED) is 0.547. The van der Waals surface area contributed by atoms with Gasteiger partial charge in [0.15, 0.2) is 0 Å². The van der Waals surface area contributed by atoms with Gasteiger partial charge in [-0.1, -0.05) is 19.8 Å². The van der Waals surface area contributed by atoms with Gasteiger partial charge in [-0.25, -0.2) is 0 Å². The van der Waals surface area contributed by atoms with Gasteiger partial charge in [0.2, 0.25) is 0 Å². The summed E-state index contributed by atoms with van der Waals surface area (Å²) in [5.41, 5.74) is 0. The van der Waals surface area contributed by atoms with Crippen molar-refractivity contribution in [1.82, 2.24) is 0 Å². The van der Waals surface area contributed by atoms with Gasteiger partial charge in [0, 0.05) is 0 Å². The first-order chi connectivity index (χ1) is 4.92. The average Bonchev–Trinajstić information content (AvgIpc) is 2.53. The normalized spacial score (nSPS) is 61.5. The van der Waals surface area contributed by atoms with Crippen molar-refractivity contribution in [2.45, 2.75) is 32.6 Å². The first-order valence-electron chi connectivity index (χ1n) is 4.92. The number of hydrogen-bond acceptors (Lipinski definition) is 0. The summed E-state index contributed by atoms with van der Waals surface area (Å²) in [6.07, 6.45) is 6.19. The van der Waals surface area contributed by atoms with Crippen LogP contribution in [0.3, 0.4) is 0 Å². The van der Waals surface area contributed by atoms with Crippen LogP contribution in [0.25, 0.3) is 0 Å². The van der Waals surface area contributed by atoms with E-state index in [-0.39, 0.29) is 0 Å². The molecule has 3 rings (SSSR count). The van der Waals surface area contributed by atoms with Crippen LogP contribution >= 0.6 is 0 Å². The highest BCUT2D eigenvalue weighted by molar-refractivity contribution is 5.16. The van der Waals surface area contributed by atoms with Crippen LogP contribution in [0.1, 0.15) is 32.6 Å². The van der Waals surface area contributed by atoms with Crippen LogP contribution < -0.4 is 0 Å². The third-order valence-corrected chi connectivity index (χ3v) is 4.21. The Morgan fingerprint density at radius 3 is 2.60 bits per heavy atom. The van der Waals surface area contributed by atoms with E-state index in [2.05, 4.69) is 6.92 Å². The molecule has 5 unspecified atom stereocenters. The molecule has 0 heteroatoms. The molecule has 3 aliphatic rings. The molecule has 56 valence electrons. The van der Waals surface area contributed by atoms with E-state index < -0.39 is 0 Å². The molecule has 0 radical (unpaired) electrons. The van der Waals surface area contributed by atoms with Crippen molar-refractivity contribution in [2.24, 2.45) is 29.6 Å². The van der Waals surface area contributed by atoms with Gasteiger partial charge in [-0.3, -0.25) is 0 Å². The molecule has 0 bridgehead atoms. The van der Waals surface area contributed by atoms with Gasteiger partial charge in [0.1, 0.15) is 0 Å². The lowest BCUT2D eigenvalue weighted by Gasteiger charge is -2.53. The van der Waals surface area contributed by atoms with Crippen molar-refractivity contribution in [1.29, 1.82) is 0 Å². The maximum absolute atomic E-state index is 2.33. The standard InChI is InChI=1S/C10H16/c1-2-3-6-4-8-7-5-9(7)10(6)8/h6-10H,2-5H2,1H3. The lowest BCUT2D eigenvalue weighted by molar-refractivity contribution is -0.0436. The van der Waals surface area contributed by atoms with Crippen molar-refractivity contribution in [3.8, 4) is 0 Å². The molecule has 0 N–H and O–H groups in total. The fourth-order valence-corrected chi connectivity index (χ4v) is 3.65. The Hall–Kier alpha value is 0. The summed E-state index contributed by atoms with van der Waals surface area (Å²) >= 11 is 0. The molecule has 0 heterocycles. The highest BCUT2D eigenvalue weighted by Gasteiger charge is 2.68. The van der Waals surface area contributed by atoms with E-state index in [4.69, 9.17) is 0 Å². The Labute approximate surface area is 63.0 Å². The van der Waals surface area contributed by atoms with E-state index in [9.17, 15) is 0 Å². The van der Waals surface area contributed by atoms with Crippen LogP contribution in [0.15, 0.2) is 0 Å². The van der Waals surface area contributed by atoms with Gasteiger partial charge in [0.05, 0.1) is 0 Å². The predicted molar refractivity (Wildman–Crippen MR) is 41.6 cm³/mol. The zero-order chi connectivity index (χ0) is 6.72. The number of hydrogen-bond donors (Lipinski definition) is 0. The largest absolute Gasteiger partial charge is 0.0654 e. The number of rotatable bonds is 2. The molecule has 0 amide bonds. The Balaban J connectivity index is 1.63. The molecule has 0 aromatic carbocycles. The third-order valence-electron chi connectivity index (χ3n) is 4.21. The van der Waals surface area contributed by atoms with Crippen molar-refractivity contribution >= 4 is 0 Å². The topological polar surface area (TPSA) is 0 Å². The van der Waals surface area contributed by atoms with Gasteiger partial charge >= 0.3 is 0 Å². The molecular formula is C10H16. The van der Waals surface area contributed by atoms with Crippen LogP contribution in [-0.4, -0.2) is 0 Å². The van der Waals surface area contributed by atoms with E-state index in [1.165, 1.54) is 42.4 Å². The van der Waals surface area contributed by atoms with E-state index >= 15 is 0 Å². The molecule has 3 fully saturated rings. The Kier molecular flexibility index (Phi) is 0.898. The minimum Gasteiger partial charge on any atom is -0.0654 e. The van der Waals surface area contributed by atoms with E-state index in [0.29, 0.717) is 0 Å². The first-order valence-corrected chi connectivity index (χ1v) is 4.92. The second-order valence-corrected chi connectivity index (χ2v) is 4.59. The Bertz CT molecular complexity index is 161. The lowest BCUT2D eigenvalue weighted by atomic mass is 9.52. The molecule has 0 nitrogen and oxygen atoms in total. The summed E-state index contributed by atoms with van der Waals surface area (Å²) in [4.78, 5) is 0. The average molecular weight is 136 g/mol. The third kappa shape index (κ3) is 0.466. The van der Waals surface area contributed by atoms with Crippen LogP contribution in [0, 0.1) is 29.6 Å². The fourth-order valence-electron chi connectivity index (χ4n) is 3.65. The van der Waals surface area contributed by atoms with Crippen molar-refractivity contribution in [2.75, 3.05) is 0 Å². The lowest BCUT2D eigenvalue weighted by Crippen LogP contribution is -2.46. The maximum atomic E-state index is 2.33. The molecule has 0 spiro atoms. The van der Waals surface area contributed by atoms with Crippen molar-refractivity contribution in [3.63, 3.8) is 0 Å². The zero-order valence-electron chi connectivity index (χ0n) is 6.72. The fraction of sp³-hybridized carbons (Fsp3) is 1.00. The minimum atomic E-state index is 1.18. The molecule has 3 saturated carbocycles. The summed E-state index contributed by atoms with van der Waals surface area (Å²) in [7, 11) is 0. The summed E-state index contributed by atoms with van der Waals surface area (Å²) < 4.78 is 0. The monoisotopic (exact) mass is 136 g/mol. The predicted octanol–water partition coefficient (Wildman–Crippen LogP) is 2.69. The molecule has 3 aliphatic carbocycles. The molecular weight excluding hydrogens is 120 g/mol. The van der Waals surface area contributed by atoms with E-state index in [1.54, 1.807) is 12.8 Å². The summed E-state index contributed by atoms with van der Waals surface area (Å²) in [5, 5.41) is 0. The summed E-state index contributed by atoms with van der Waals surface area (Å²) in [5.74, 6) is 6.15. The molecule has 10 heavy (non-hydrogen) atoms. The second kappa shape index (κ2) is 1.60. The van der Waals surface area contributed by atoms with Gasteiger partial charge in [-0.05, 0) is 42.4 Å². The number of fused-ring (bicyclic) bond motifs is 4. The summed E-state index contributed by atoms with van der Waals surface area (Å²) in [6.45, 7) is 2.33. The van der Waals surface area contributed by atoms with Gasteiger partial charge in [-0.15, -0.1) is 0 Å². The van der Waals surface area contributed by atoms with Crippen LogP contribution in [-0.2, 0) is 0 Å². The molecule has 0 aliphatic heterocycles. The summed E-state index contributed by atoms with van der Waals surface area (Å²) in [6, 6.07) is 0. The Morgan fingerprint density at radius 2 is 1.90 bits per heavy atom. The van der Waals surface area contributed by atoms with Crippen LogP contribution in [0.5, 0.6) is 0 Å². The van der Waals surface area contributed by atoms with Crippen LogP contribution in [0.4, 0.5) is 0 Å². The minimum absolute atomic E-state index is 1.18. The van der Waals surface area contributed by atoms with Crippen LogP contribution in [0.2, 0.25) is 0 Å². The second-order valence-electron chi connectivity index (χ2n) is 4.59.